The number of rotatable bonds is 4. The third kappa shape index (κ3) is 2.01. The first-order valence-electron chi connectivity index (χ1n) is 5.99. The van der Waals surface area contributed by atoms with Gasteiger partial charge in [-0.3, -0.25) is 9.36 Å². The number of hydrogen-bond acceptors (Lipinski definition) is 6. The van der Waals surface area contributed by atoms with Crippen LogP contribution in [0.3, 0.4) is 0 Å². The fourth-order valence-corrected chi connectivity index (χ4v) is 2.13. The number of unbranched alkanes of at least 4 members (excludes halogenated alkanes) is 1. The summed E-state index contributed by atoms with van der Waals surface area (Å²) in [4.78, 5) is 20.3. The van der Waals surface area contributed by atoms with Crippen molar-refractivity contribution in [3.05, 3.63) is 10.4 Å². The number of aliphatic hydroxyl groups is 1. The zero-order valence-corrected chi connectivity index (χ0v) is 10.8. The lowest BCUT2D eigenvalue weighted by atomic mass is 10.3. The van der Waals surface area contributed by atoms with Crippen molar-refractivity contribution in [2.24, 2.45) is 7.05 Å². The van der Waals surface area contributed by atoms with Crippen molar-refractivity contribution in [2.45, 2.75) is 12.8 Å². The van der Waals surface area contributed by atoms with Gasteiger partial charge in [-0.05, 0) is 12.8 Å². The summed E-state index contributed by atoms with van der Waals surface area (Å²) in [7, 11) is 3.48. The van der Waals surface area contributed by atoms with Crippen LogP contribution in [-0.4, -0.2) is 41.5 Å². The molecule has 1 aromatic heterocycles. The van der Waals surface area contributed by atoms with Crippen LogP contribution in [0.5, 0.6) is 0 Å². The molecule has 0 aromatic carbocycles. The average molecular weight is 253 g/mol. The SMILES string of the molecule is CN1CN(CCCCO)c2nc(N)n(C)c(=O)c21. The van der Waals surface area contributed by atoms with Gasteiger partial charge in [0.15, 0.2) is 5.82 Å². The van der Waals surface area contributed by atoms with Gasteiger partial charge in [0.05, 0.1) is 6.67 Å². The molecule has 0 aliphatic carbocycles. The van der Waals surface area contributed by atoms with E-state index in [1.165, 1.54) is 4.57 Å². The van der Waals surface area contributed by atoms with E-state index in [1.54, 1.807) is 7.05 Å². The standard InChI is InChI=1S/C11H19N5O2/c1-14-7-16(5-3-4-6-17)9-8(14)10(18)15(2)11(12)13-9/h17H,3-7H2,1-2H3,(H2,12,13). The van der Waals surface area contributed by atoms with Gasteiger partial charge in [-0.1, -0.05) is 0 Å². The molecule has 100 valence electrons. The zero-order valence-electron chi connectivity index (χ0n) is 10.8. The van der Waals surface area contributed by atoms with Gasteiger partial charge in [0, 0.05) is 27.2 Å². The summed E-state index contributed by atoms with van der Waals surface area (Å²) in [6, 6.07) is 0. The second-order valence-electron chi connectivity index (χ2n) is 4.54. The summed E-state index contributed by atoms with van der Waals surface area (Å²) >= 11 is 0. The minimum atomic E-state index is -0.121. The van der Waals surface area contributed by atoms with Crippen LogP contribution in [-0.2, 0) is 7.05 Å². The van der Waals surface area contributed by atoms with Crippen LogP contribution in [0.15, 0.2) is 4.79 Å². The summed E-state index contributed by atoms with van der Waals surface area (Å²) in [6.07, 6.45) is 1.61. The molecule has 1 aliphatic rings. The molecule has 0 saturated heterocycles. The second kappa shape index (κ2) is 4.85. The third-order valence-electron chi connectivity index (χ3n) is 3.18. The van der Waals surface area contributed by atoms with E-state index < -0.39 is 0 Å². The lowest BCUT2D eigenvalue weighted by Gasteiger charge is -2.17. The number of anilines is 3. The first kappa shape index (κ1) is 12.7. The number of aliphatic hydroxyl groups excluding tert-OH is 1. The topological polar surface area (TPSA) is 87.6 Å². The third-order valence-corrected chi connectivity index (χ3v) is 3.18. The molecule has 0 saturated carbocycles. The van der Waals surface area contributed by atoms with Crippen LogP contribution in [0.4, 0.5) is 17.5 Å². The summed E-state index contributed by atoms with van der Waals surface area (Å²) in [5.41, 5.74) is 6.20. The number of nitrogens with zero attached hydrogens (tertiary/aromatic N) is 4. The fourth-order valence-electron chi connectivity index (χ4n) is 2.13. The fraction of sp³-hybridized carbons (Fsp3) is 0.636. The van der Waals surface area contributed by atoms with Crippen molar-refractivity contribution in [2.75, 3.05) is 42.4 Å². The van der Waals surface area contributed by atoms with Crippen LogP contribution in [0.1, 0.15) is 12.8 Å². The van der Waals surface area contributed by atoms with E-state index in [4.69, 9.17) is 10.8 Å². The van der Waals surface area contributed by atoms with Crippen molar-refractivity contribution in [3.63, 3.8) is 0 Å². The van der Waals surface area contributed by atoms with Crippen molar-refractivity contribution in [1.29, 1.82) is 0 Å². The summed E-state index contributed by atoms with van der Waals surface area (Å²) in [6.45, 7) is 1.58. The highest BCUT2D eigenvalue weighted by molar-refractivity contribution is 5.72. The van der Waals surface area contributed by atoms with Gasteiger partial charge in [0.2, 0.25) is 5.95 Å². The Bertz CT molecular complexity index is 499. The van der Waals surface area contributed by atoms with E-state index in [0.29, 0.717) is 18.2 Å². The summed E-state index contributed by atoms with van der Waals surface area (Å²) in [5, 5.41) is 8.79. The Morgan fingerprint density at radius 1 is 1.39 bits per heavy atom. The van der Waals surface area contributed by atoms with Crippen molar-refractivity contribution in [3.8, 4) is 0 Å². The minimum Gasteiger partial charge on any atom is -0.396 e. The smallest absolute Gasteiger partial charge is 0.280 e. The van der Waals surface area contributed by atoms with E-state index >= 15 is 0 Å². The van der Waals surface area contributed by atoms with E-state index in [2.05, 4.69) is 4.98 Å². The molecule has 7 nitrogen and oxygen atoms in total. The Morgan fingerprint density at radius 2 is 2.11 bits per heavy atom. The van der Waals surface area contributed by atoms with Crippen LogP contribution in [0.25, 0.3) is 0 Å². The molecule has 0 amide bonds. The molecule has 0 fully saturated rings. The van der Waals surface area contributed by atoms with E-state index in [-0.39, 0.29) is 18.1 Å². The van der Waals surface area contributed by atoms with Gasteiger partial charge in [-0.2, -0.15) is 4.98 Å². The number of hydrogen-bond donors (Lipinski definition) is 2. The monoisotopic (exact) mass is 253 g/mol. The van der Waals surface area contributed by atoms with Crippen molar-refractivity contribution in [1.82, 2.24) is 9.55 Å². The molecule has 0 unspecified atom stereocenters. The molecule has 18 heavy (non-hydrogen) atoms. The zero-order chi connectivity index (χ0) is 13.3. The normalized spacial score (nSPS) is 14.2. The highest BCUT2D eigenvalue weighted by Crippen LogP contribution is 2.30. The Labute approximate surface area is 105 Å². The average Bonchev–Trinajstić information content (AvgIpc) is 2.63. The molecule has 0 radical (unpaired) electrons. The van der Waals surface area contributed by atoms with Gasteiger partial charge in [0.1, 0.15) is 5.69 Å². The van der Waals surface area contributed by atoms with Crippen LogP contribution >= 0.6 is 0 Å². The predicted molar refractivity (Wildman–Crippen MR) is 70.8 cm³/mol. The molecular formula is C11H19N5O2. The Balaban J connectivity index is 2.32. The lowest BCUT2D eigenvalue weighted by Crippen LogP contribution is -2.30. The van der Waals surface area contributed by atoms with Crippen LogP contribution in [0.2, 0.25) is 0 Å². The van der Waals surface area contributed by atoms with Gasteiger partial charge in [0.25, 0.3) is 5.56 Å². The maximum atomic E-state index is 12.1. The molecule has 1 aromatic rings. The number of aromatic nitrogens is 2. The van der Waals surface area contributed by atoms with E-state index in [1.807, 2.05) is 16.8 Å². The van der Waals surface area contributed by atoms with Crippen molar-refractivity contribution >= 4 is 17.5 Å². The first-order valence-corrected chi connectivity index (χ1v) is 5.99. The van der Waals surface area contributed by atoms with Gasteiger partial charge >= 0.3 is 0 Å². The number of nitrogen functional groups attached to an aromatic ring is 1. The molecule has 2 rings (SSSR count). The molecule has 0 bridgehead atoms. The minimum absolute atomic E-state index is 0.121. The molecule has 2 heterocycles. The lowest BCUT2D eigenvalue weighted by molar-refractivity contribution is 0.285. The second-order valence-corrected chi connectivity index (χ2v) is 4.54. The summed E-state index contributed by atoms with van der Waals surface area (Å²) in [5.74, 6) is 0.872. The molecular weight excluding hydrogens is 234 g/mol. The van der Waals surface area contributed by atoms with Gasteiger partial charge < -0.3 is 20.6 Å². The maximum absolute atomic E-state index is 12.1. The Kier molecular flexibility index (Phi) is 3.42. The van der Waals surface area contributed by atoms with Crippen molar-refractivity contribution < 1.29 is 5.11 Å². The highest BCUT2D eigenvalue weighted by Gasteiger charge is 2.28. The summed E-state index contributed by atoms with van der Waals surface area (Å²) < 4.78 is 1.35. The highest BCUT2D eigenvalue weighted by atomic mass is 16.2. The van der Waals surface area contributed by atoms with Crippen LogP contribution < -0.4 is 21.1 Å². The van der Waals surface area contributed by atoms with Gasteiger partial charge in [-0.15, -0.1) is 0 Å². The molecule has 0 atom stereocenters. The van der Waals surface area contributed by atoms with E-state index in [9.17, 15) is 4.79 Å². The Morgan fingerprint density at radius 3 is 2.78 bits per heavy atom. The molecule has 0 spiro atoms. The van der Waals surface area contributed by atoms with E-state index in [0.717, 1.165) is 19.4 Å². The molecule has 3 N–H and O–H groups in total. The predicted octanol–water partition coefficient (Wildman–Crippen LogP) is -0.651. The largest absolute Gasteiger partial charge is 0.396 e. The number of nitrogens with two attached hydrogens (primary N) is 1. The van der Waals surface area contributed by atoms with Crippen LogP contribution in [0, 0.1) is 0 Å². The molecule has 1 aliphatic heterocycles. The first-order chi connectivity index (χ1) is 8.56. The number of fused-ring (bicyclic) bond motifs is 1. The Hall–Kier alpha value is -1.76. The molecule has 7 heteroatoms. The maximum Gasteiger partial charge on any atom is 0.280 e. The van der Waals surface area contributed by atoms with Gasteiger partial charge in [-0.25, -0.2) is 0 Å². The quantitative estimate of drug-likeness (QED) is 0.693.